The van der Waals surface area contributed by atoms with Gasteiger partial charge in [0, 0.05) is 6.42 Å². The molecule has 0 saturated carbocycles. The molecule has 0 N–H and O–H groups in total. The molecule has 0 fully saturated rings. The molecule has 0 amide bonds. The van der Waals surface area contributed by atoms with E-state index >= 15 is 0 Å². The molecule has 0 aromatic carbocycles. The zero-order chi connectivity index (χ0) is 10.6. The van der Waals surface area contributed by atoms with E-state index in [-0.39, 0.29) is 0 Å². The zero-order valence-electron chi connectivity index (χ0n) is 9.72. The molecule has 0 unspecified atom stereocenters. The van der Waals surface area contributed by atoms with Gasteiger partial charge in [0.05, 0.1) is 0 Å². The molecular formula is C13H24O. The first-order valence-electron chi connectivity index (χ1n) is 6.00. The molecule has 0 aliphatic rings. The Morgan fingerprint density at radius 1 is 1.00 bits per heavy atom. The number of unbranched alkanes of at least 4 members (excludes halogenated alkanes) is 5. The van der Waals surface area contributed by atoms with Crippen molar-refractivity contribution in [3.05, 3.63) is 12.2 Å². The minimum Gasteiger partial charge on any atom is -0.295 e. The Bertz CT molecular complexity index is 159. The van der Waals surface area contributed by atoms with Crippen LogP contribution < -0.4 is 0 Å². The molecule has 0 radical (unpaired) electrons. The SMILES string of the molecule is CCCCC/C=C/C(=O)CCCCC. The van der Waals surface area contributed by atoms with Gasteiger partial charge in [0.15, 0.2) is 5.78 Å². The topological polar surface area (TPSA) is 17.1 Å². The number of allylic oxidation sites excluding steroid dienone is 2. The lowest BCUT2D eigenvalue weighted by molar-refractivity contribution is -0.114. The van der Waals surface area contributed by atoms with Crippen molar-refractivity contribution in [3.63, 3.8) is 0 Å². The molecule has 0 bridgehead atoms. The molecule has 0 saturated heterocycles. The third-order valence-corrected chi connectivity index (χ3v) is 2.30. The lowest BCUT2D eigenvalue weighted by Gasteiger charge is -1.94. The Morgan fingerprint density at radius 3 is 2.29 bits per heavy atom. The van der Waals surface area contributed by atoms with Crippen LogP contribution >= 0.6 is 0 Å². The van der Waals surface area contributed by atoms with E-state index in [9.17, 15) is 4.79 Å². The normalized spacial score (nSPS) is 11.0. The highest BCUT2D eigenvalue weighted by molar-refractivity contribution is 5.89. The third kappa shape index (κ3) is 9.50. The summed E-state index contributed by atoms with van der Waals surface area (Å²) in [4.78, 5) is 11.3. The van der Waals surface area contributed by atoms with Crippen LogP contribution in [0.4, 0.5) is 0 Å². The van der Waals surface area contributed by atoms with E-state index in [1.807, 2.05) is 6.08 Å². The molecule has 82 valence electrons. The lowest BCUT2D eigenvalue weighted by atomic mass is 10.1. The van der Waals surface area contributed by atoms with Crippen LogP contribution in [0.5, 0.6) is 0 Å². The molecule has 0 aromatic heterocycles. The van der Waals surface area contributed by atoms with E-state index in [0.29, 0.717) is 5.78 Å². The summed E-state index contributed by atoms with van der Waals surface area (Å²) in [5.74, 6) is 0.301. The first kappa shape index (κ1) is 13.4. The van der Waals surface area contributed by atoms with Crippen molar-refractivity contribution in [2.45, 2.75) is 65.2 Å². The highest BCUT2D eigenvalue weighted by Gasteiger charge is 1.94. The smallest absolute Gasteiger partial charge is 0.155 e. The summed E-state index contributed by atoms with van der Waals surface area (Å²) in [7, 11) is 0. The van der Waals surface area contributed by atoms with Gasteiger partial charge in [0.25, 0.3) is 0 Å². The zero-order valence-corrected chi connectivity index (χ0v) is 9.72. The summed E-state index contributed by atoms with van der Waals surface area (Å²) >= 11 is 0. The fourth-order valence-corrected chi connectivity index (χ4v) is 1.36. The number of carbonyl (C=O) groups is 1. The fourth-order valence-electron chi connectivity index (χ4n) is 1.36. The van der Waals surface area contributed by atoms with Gasteiger partial charge in [-0.05, 0) is 25.3 Å². The summed E-state index contributed by atoms with van der Waals surface area (Å²) in [6.07, 6.45) is 12.8. The maximum atomic E-state index is 11.3. The van der Waals surface area contributed by atoms with E-state index < -0.39 is 0 Å². The van der Waals surface area contributed by atoms with Gasteiger partial charge in [-0.1, -0.05) is 45.6 Å². The van der Waals surface area contributed by atoms with Gasteiger partial charge in [-0.3, -0.25) is 4.79 Å². The van der Waals surface area contributed by atoms with Crippen molar-refractivity contribution in [3.8, 4) is 0 Å². The Hall–Kier alpha value is -0.590. The van der Waals surface area contributed by atoms with Gasteiger partial charge in [-0.2, -0.15) is 0 Å². The molecule has 0 aliphatic heterocycles. The molecular weight excluding hydrogens is 172 g/mol. The van der Waals surface area contributed by atoms with Crippen molar-refractivity contribution in [1.82, 2.24) is 0 Å². The summed E-state index contributed by atoms with van der Waals surface area (Å²) in [6, 6.07) is 0. The highest BCUT2D eigenvalue weighted by Crippen LogP contribution is 2.02. The molecule has 0 aliphatic carbocycles. The van der Waals surface area contributed by atoms with E-state index in [4.69, 9.17) is 0 Å². The molecule has 0 rings (SSSR count). The second-order valence-electron chi connectivity index (χ2n) is 3.82. The molecule has 1 heteroatoms. The Kier molecular flexibility index (Phi) is 10.0. The maximum Gasteiger partial charge on any atom is 0.155 e. The first-order valence-corrected chi connectivity index (χ1v) is 6.00. The van der Waals surface area contributed by atoms with Gasteiger partial charge in [-0.15, -0.1) is 0 Å². The van der Waals surface area contributed by atoms with E-state index in [1.54, 1.807) is 6.08 Å². The average molecular weight is 196 g/mol. The van der Waals surface area contributed by atoms with Crippen molar-refractivity contribution in [2.24, 2.45) is 0 Å². The van der Waals surface area contributed by atoms with Crippen LogP contribution in [0.15, 0.2) is 12.2 Å². The van der Waals surface area contributed by atoms with Crippen molar-refractivity contribution < 1.29 is 4.79 Å². The van der Waals surface area contributed by atoms with Gasteiger partial charge < -0.3 is 0 Å². The van der Waals surface area contributed by atoms with Crippen molar-refractivity contribution >= 4 is 5.78 Å². The van der Waals surface area contributed by atoms with Crippen LogP contribution in [-0.2, 0) is 4.79 Å². The average Bonchev–Trinajstić information content (AvgIpc) is 2.18. The Morgan fingerprint density at radius 2 is 1.64 bits per heavy atom. The lowest BCUT2D eigenvalue weighted by Crippen LogP contribution is -1.91. The van der Waals surface area contributed by atoms with E-state index in [2.05, 4.69) is 13.8 Å². The summed E-state index contributed by atoms with van der Waals surface area (Å²) in [6.45, 7) is 4.35. The summed E-state index contributed by atoms with van der Waals surface area (Å²) in [5.41, 5.74) is 0. The molecule has 0 spiro atoms. The van der Waals surface area contributed by atoms with Crippen molar-refractivity contribution in [1.29, 1.82) is 0 Å². The largest absolute Gasteiger partial charge is 0.295 e. The first-order chi connectivity index (χ1) is 6.81. The van der Waals surface area contributed by atoms with Gasteiger partial charge in [0.1, 0.15) is 0 Å². The molecule has 0 aromatic rings. The van der Waals surface area contributed by atoms with Crippen LogP contribution in [-0.4, -0.2) is 5.78 Å². The predicted octanol–water partition coefficient (Wildman–Crippen LogP) is 4.27. The van der Waals surface area contributed by atoms with Crippen LogP contribution in [0.25, 0.3) is 0 Å². The fraction of sp³-hybridized carbons (Fsp3) is 0.769. The number of hydrogen-bond donors (Lipinski definition) is 0. The summed E-state index contributed by atoms with van der Waals surface area (Å²) < 4.78 is 0. The van der Waals surface area contributed by atoms with Crippen LogP contribution in [0.1, 0.15) is 65.2 Å². The van der Waals surface area contributed by atoms with Crippen LogP contribution in [0, 0.1) is 0 Å². The molecule has 0 atom stereocenters. The Balaban J connectivity index is 3.32. The van der Waals surface area contributed by atoms with E-state index in [0.717, 1.165) is 19.3 Å². The Labute approximate surface area is 88.6 Å². The van der Waals surface area contributed by atoms with Gasteiger partial charge >= 0.3 is 0 Å². The quantitative estimate of drug-likeness (QED) is 0.397. The molecule has 1 nitrogen and oxygen atoms in total. The van der Waals surface area contributed by atoms with Crippen LogP contribution in [0.2, 0.25) is 0 Å². The van der Waals surface area contributed by atoms with Gasteiger partial charge in [0.2, 0.25) is 0 Å². The second kappa shape index (κ2) is 10.5. The minimum atomic E-state index is 0.301. The van der Waals surface area contributed by atoms with Crippen molar-refractivity contribution in [2.75, 3.05) is 0 Å². The number of ketones is 1. The second-order valence-corrected chi connectivity index (χ2v) is 3.82. The van der Waals surface area contributed by atoms with E-state index in [1.165, 1.54) is 32.1 Å². The number of carbonyl (C=O) groups excluding carboxylic acids is 1. The monoisotopic (exact) mass is 196 g/mol. The predicted molar refractivity (Wildman–Crippen MR) is 62.4 cm³/mol. The number of rotatable bonds is 9. The molecule has 14 heavy (non-hydrogen) atoms. The number of hydrogen-bond acceptors (Lipinski definition) is 1. The van der Waals surface area contributed by atoms with Gasteiger partial charge in [-0.25, -0.2) is 0 Å². The third-order valence-electron chi connectivity index (χ3n) is 2.30. The standard InChI is InChI=1S/C13H24O/c1-3-5-7-8-10-12-13(14)11-9-6-4-2/h10,12H,3-9,11H2,1-2H3/b12-10+. The molecule has 0 heterocycles. The maximum absolute atomic E-state index is 11.3. The van der Waals surface area contributed by atoms with Crippen LogP contribution in [0.3, 0.4) is 0 Å². The summed E-state index contributed by atoms with van der Waals surface area (Å²) in [5, 5.41) is 0. The highest BCUT2D eigenvalue weighted by atomic mass is 16.1. The minimum absolute atomic E-state index is 0.301.